The van der Waals surface area contributed by atoms with Crippen LogP contribution >= 0.6 is 0 Å². The van der Waals surface area contributed by atoms with E-state index in [-0.39, 0.29) is 34.7 Å². The summed E-state index contributed by atoms with van der Waals surface area (Å²) in [6.07, 6.45) is 1.98. The summed E-state index contributed by atoms with van der Waals surface area (Å²) in [5, 5.41) is 0. The second kappa shape index (κ2) is 8.72. The van der Waals surface area contributed by atoms with Crippen LogP contribution in [-0.2, 0) is 16.1 Å². The molecule has 0 spiro atoms. The van der Waals surface area contributed by atoms with E-state index in [1.165, 1.54) is 24.5 Å². The van der Waals surface area contributed by atoms with Crippen LogP contribution in [0.5, 0.6) is 5.75 Å². The standard InChI is InChI=1S/C21H21NO7/c1-13(2)7-8-27-18-12-28-14(9-17(18)23)11-29-19(24)10-22-20(25)15-5-3-4-6-16(15)21(22)26/h3-6,9,12-13H,7-8,10-11H2,1-2H3. The van der Waals surface area contributed by atoms with Crippen LogP contribution in [-0.4, -0.2) is 35.8 Å². The van der Waals surface area contributed by atoms with Crippen molar-refractivity contribution in [2.45, 2.75) is 26.9 Å². The molecule has 2 heterocycles. The van der Waals surface area contributed by atoms with Crippen molar-refractivity contribution in [3.63, 3.8) is 0 Å². The second-order valence-electron chi connectivity index (χ2n) is 7.01. The van der Waals surface area contributed by atoms with Gasteiger partial charge in [0.1, 0.15) is 25.2 Å². The first-order chi connectivity index (χ1) is 13.9. The zero-order valence-corrected chi connectivity index (χ0v) is 16.2. The van der Waals surface area contributed by atoms with E-state index >= 15 is 0 Å². The number of esters is 1. The fourth-order valence-electron chi connectivity index (χ4n) is 2.73. The first-order valence-electron chi connectivity index (χ1n) is 9.22. The Morgan fingerprint density at radius 1 is 1.10 bits per heavy atom. The van der Waals surface area contributed by atoms with Crippen molar-refractivity contribution in [1.82, 2.24) is 4.90 Å². The van der Waals surface area contributed by atoms with Gasteiger partial charge in [-0.25, -0.2) is 0 Å². The summed E-state index contributed by atoms with van der Waals surface area (Å²) < 4.78 is 15.7. The molecule has 0 radical (unpaired) electrons. The number of benzene rings is 1. The Kier molecular flexibility index (Phi) is 6.11. The maximum absolute atomic E-state index is 12.3. The molecule has 0 fully saturated rings. The topological polar surface area (TPSA) is 103 Å². The van der Waals surface area contributed by atoms with Gasteiger partial charge in [0.25, 0.3) is 11.8 Å². The van der Waals surface area contributed by atoms with Crippen molar-refractivity contribution >= 4 is 17.8 Å². The summed E-state index contributed by atoms with van der Waals surface area (Å²) in [6.45, 7) is 3.67. The van der Waals surface area contributed by atoms with Crippen LogP contribution in [0.15, 0.2) is 45.8 Å². The number of imide groups is 1. The molecule has 0 saturated heterocycles. The number of carbonyl (C=O) groups excluding carboxylic acids is 3. The molecular formula is C21H21NO7. The lowest BCUT2D eigenvalue weighted by molar-refractivity contribution is -0.145. The number of amides is 2. The fourth-order valence-corrected chi connectivity index (χ4v) is 2.73. The predicted molar refractivity (Wildman–Crippen MR) is 102 cm³/mol. The maximum atomic E-state index is 12.3. The monoisotopic (exact) mass is 399 g/mol. The number of hydrogen-bond donors (Lipinski definition) is 0. The molecule has 29 heavy (non-hydrogen) atoms. The molecule has 0 N–H and O–H groups in total. The minimum absolute atomic E-state index is 0.0896. The van der Waals surface area contributed by atoms with Crippen LogP contribution in [0.1, 0.15) is 46.7 Å². The molecule has 1 aliphatic heterocycles. The van der Waals surface area contributed by atoms with Crippen LogP contribution in [0.2, 0.25) is 0 Å². The first kappa shape index (κ1) is 20.3. The van der Waals surface area contributed by atoms with Gasteiger partial charge < -0.3 is 13.9 Å². The summed E-state index contributed by atoms with van der Waals surface area (Å²) in [6, 6.07) is 7.52. The number of ether oxygens (including phenoxy) is 2. The third kappa shape index (κ3) is 4.71. The molecule has 1 aromatic heterocycles. The molecule has 3 rings (SSSR count). The van der Waals surface area contributed by atoms with Crippen molar-refractivity contribution in [1.29, 1.82) is 0 Å². The highest BCUT2D eigenvalue weighted by Gasteiger charge is 2.36. The molecule has 8 nitrogen and oxygen atoms in total. The highest BCUT2D eigenvalue weighted by atomic mass is 16.5. The lowest BCUT2D eigenvalue weighted by Crippen LogP contribution is -2.35. The molecule has 152 valence electrons. The van der Waals surface area contributed by atoms with E-state index in [4.69, 9.17) is 13.9 Å². The molecule has 2 aromatic rings. The van der Waals surface area contributed by atoms with Gasteiger partial charge in [-0.15, -0.1) is 0 Å². The van der Waals surface area contributed by atoms with E-state index in [1.54, 1.807) is 12.1 Å². The van der Waals surface area contributed by atoms with Crippen LogP contribution in [0.4, 0.5) is 0 Å². The van der Waals surface area contributed by atoms with Crippen LogP contribution in [0.3, 0.4) is 0 Å². The molecule has 0 aliphatic carbocycles. The van der Waals surface area contributed by atoms with Gasteiger partial charge in [-0.2, -0.15) is 0 Å². The number of nitrogens with zero attached hydrogens (tertiary/aromatic N) is 1. The van der Waals surface area contributed by atoms with Crippen molar-refractivity contribution < 1.29 is 28.3 Å². The zero-order valence-electron chi connectivity index (χ0n) is 16.2. The molecule has 1 aliphatic rings. The smallest absolute Gasteiger partial charge is 0.326 e. The van der Waals surface area contributed by atoms with Crippen molar-refractivity contribution in [2.75, 3.05) is 13.2 Å². The Bertz CT molecular complexity index is 958. The fraction of sp³-hybridized carbons (Fsp3) is 0.333. The molecule has 1 aromatic carbocycles. The van der Waals surface area contributed by atoms with Gasteiger partial charge in [0, 0.05) is 6.07 Å². The highest BCUT2D eigenvalue weighted by molar-refractivity contribution is 6.22. The van der Waals surface area contributed by atoms with Gasteiger partial charge >= 0.3 is 5.97 Å². The second-order valence-corrected chi connectivity index (χ2v) is 7.01. The number of carbonyl (C=O) groups is 3. The van der Waals surface area contributed by atoms with Gasteiger partial charge in [-0.1, -0.05) is 26.0 Å². The minimum Gasteiger partial charge on any atom is -0.487 e. The SMILES string of the molecule is CC(C)CCOc1coc(COC(=O)CN2C(=O)c3ccccc3C2=O)cc1=O. The van der Waals surface area contributed by atoms with E-state index in [9.17, 15) is 19.2 Å². The lowest BCUT2D eigenvalue weighted by atomic mass is 10.1. The Hall–Kier alpha value is -3.42. The first-order valence-corrected chi connectivity index (χ1v) is 9.22. The number of fused-ring (bicyclic) bond motifs is 1. The summed E-state index contributed by atoms with van der Waals surface area (Å²) in [7, 11) is 0. The van der Waals surface area contributed by atoms with E-state index in [0.29, 0.717) is 12.5 Å². The van der Waals surface area contributed by atoms with Gasteiger partial charge in [-0.3, -0.25) is 24.1 Å². The van der Waals surface area contributed by atoms with E-state index in [0.717, 1.165) is 11.3 Å². The summed E-state index contributed by atoms with van der Waals surface area (Å²) in [4.78, 5) is 49.4. The predicted octanol–water partition coefficient (Wildman–Crippen LogP) is 2.40. The van der Waals surface area contributed by atoms with Crippen molar-refractivity contribution in [2.24, 2.45) is 5.92 Å². The largest absolute Gasteiger partial charge is 0.487 e. The molecule has 0 unspecified atom stereocenters. The van der Waals surface area contributed by atoms with Gasteiger partial charge in [0.15, 0.2) is 0 Å². The van der Waals surface area contributed by atoms with E-state index in [1.807, 2.05) is 13.8 Å². The Balaban J connectivity index is 1.54. The van der Waals surface area contributed by atoms with Crippen LogP contribution in [0, 0.1) is 5.92 Å². The minimum atomic E-state index is -0.792. The summed E-state index contributed by atoms with van der Waals surface area (Å²) in [5.41, 5.74) is 0.125. The summed E-state index contributed by atoms with van der Waals surface area (Å²) >= 11 is 0. The third-order valence-corrected chi connectivity index (χ3v) is 4.35. The number of hydrogen-bond acceptors (Lipinski definition) is 7. The normalized spacial score (nSPS) is 13.0. The van der Waals surface area contributed by atoms with Gasteiger partial charge in [0.2, 0.25) is 11.2 Å². The van der Waals surface area contributed by atoms with Crippen LogP contribution < -0.4 is 10.2 Å². The van der Waals surface area contributed by atoms with E-state index < -0.39 is 24.3 Å². The molecule has 0 atom stereocenters. The zero-order chi connectivity index (χ0) is 21.0. The quantitative estimate of drug-likeness (QED) is 0.496. The molecular weight excluding hydrogens is 378 g/mol. The number of rotatable bonds is 8. The lowest BCUT2D eigenvalue weighted by Gasteiger charge is -2.13. The molecule has 0 bridgehead atoms. The average Bonchev–Trinajstić information content (AvgIpc) is 2.93. The average molecular weight is 399 g/mol. The molecule has 2 amide bonds. The Morgan fingerprint density at radius 3 is 2.34 bits per heavy atom. The van der Waals surface area contributed by atoms with Crippen molar-refractivity contribution in [3.05, 3.63) is 63.7 Å². The van der Waals surface area contributed by atoms with E-state index in [2.05, 4.69) is 0 Å². The third-order valence-electron chi connectivity index (χ3n) is 4.35. The molecule has 8 heteroatoms. The Labute approximate surface area is 167 Å². The highest BCUT2D eigenvalue weighted by Crippen LogP contribution is 2.22. The maximum Gasteiger partial charge on any atom is 0.326 e. The Morgan fingerprint density at radius 2 is 1.76 bits per heavy atom. The van der Waals surface area contributed by atoms with Crippen molar-refractivity contribution in [3.8, 4) is 5.75 Å². The van der Waals surface area contributed by atoms with Crippen LogP contribution in [0.25, 0.3) is 0 Å². The van der Waals surface area contributed by atoms with Gasteiger partial charge in [-0.05, 0) is 24.5 Å². The summed E-state index contributed by atoms with van der Waals surface area (Å²) in [5.74, 6) is -1.22. The molecule has 0 saturated carbocycles. The van der Waals surface area contributed by atoms with Gasteiger partial charge in [0.05, 0.1) is 17.7 Å².